The van der Waals surface area contributed by atoms with Gasteiger partial charge < -0.3 is 4.74 Å². The van der Waals surface area contributed by atoms with Gasteiger partial charge in [-0.05, 0) is 57.9 Å². The Morgan fingerprint density at radius 2 is 2.09 bits per heavy atom. The van der Waals surface area contributed by atoms with E-state index in [2.05, 4.69) is 29.8 Å². The number of aryl methyl sites for hydroxylation is 1. The van der Waals surface area contributed by atoms with Gasteiger partial charge in [0.1, 0.15) is 11.4 Å². The summed E-state index contributed by atoms with van der Waals surface area (Å²) in [6, 6.07) is 0. The largest absolute Gasteiger partial charge is 0.464 e. The summed E-state index contributed by atoms with van der Waals surface area (Å²) < 4.78 is 35.8. The minimum Gasteiger partial charge on any atom is -0.464 e. The summed E-state index contributed by atoms with van der Waals surface area (Å²) in [5.74, 6) is -2.44. The third-order valence-electron chi connectivity index (χ3n) is 6.12. The average Bonchev–Trinajstić information content (AvgIpc) is 3.36. The van der Waals surface area contributed by atoms with Crippen LogP contribution in [0.25, 0.3) is 0 Å². The standard InChI is InChI=1S/C22H29F2N5O3S/c1-14-17(28-32-27-14)11-20(30)25-16-5-3-15(4-6-16)7-9-29-10-8-19-18(12-29)26-21(33-19)31-13-22(2,23)24/h15H,3-13H2,1-2H3. The van der Waals surface area contributed by atoms with Gasteiger partial charge in [0.25, 0.3) is 17.0 Å². The van der Waals surface area contributed by atoms with E-state index >= 15 is 0 Å². The van der Waals surface area contributed by atoms with E-state index in [1.54, 1.807) is 6.92 Å². The maximum Gasteiger partial charge on any atom is 0.278 e. The lowest BCUT2D eigenvalue weighted by molar-refractivity contribution is -0.117. The van der Waals surface area contributed by atoms with E-state index in [1.165, 1.54) is 11.3 Å². The zero-order valence-electron chi connectivity index (χ0n) is 19.0. The van der Waals surface area contributed by atoms with Crippen LogP contribution in [0.4, 0.5) is 8.78 Å². The first-order valence-electron chi connectivity index (χ1n) is 11.3. The van der Waals surface area contributed by atoms with Crippen molar-refractivity contribution < 1.29 is 22.9 Å². The molecule has 2 aromatic heterocycles. The number of carbonyl (C=O) groups is 1. The average molecular weight is 482 g/mol. The molecule has 1 aliphatic carbocycles. The zero-order chi connectivity index (χ0) is 23.4. The molecule has 3 heterocycles. The number of amides is 1. The quantitative estimate of drug-likeness (QED) is 0.562. The van der Waals surface area contributed by atoms with Crippen molar-refractivity contribution in [1.82, 2.24) is 20.2 Å². The number of fused-ring (bicyclic) bond motifs is 1. The summed E-state index contributed by atoms with van der Waals surface area (Å²) in [6.07, 6.45) is 5.88. The molecule has 0 radical (unpaired) electrons. The molecule has 1 saturated carbocycles. The van der Waals surface area contributed by atoms with Crippen LogP contribution in [0.5, 0.6) is 5.19 Å². The van der Waals surface area contributed by atoms with Crippen molar-refractivity contribution in [1.29, 1.82) is 0 Å². The molecule has 0 unspecified atom stereocenters. The normalized spacial score (nSPS) is 19.4. The van der Waals surface area contributed by atoms with Crippen LogP contribution in [0, 0.1) is 12.8 Å². The number of hydrogen-bond acceptors (Lipinski definition) is 8. The lowest BCUT2D eigenvalue weighted by Gasteiger charge is -2.29. The van der Waals surface area contributed by atoms with E-state index < -0.39 is 12.5 Å². The van der Waals surface area contributed by atoms with E-state index in [1.807, 2.05) is 0 Å². The predicted octanol–water partition coefficient (Wildman–Crippen LogP) is 4.02. The number of hydrogen-bond donors (Lipinski definition) is 0. The molecule has 0 saturated heterocycles. The van der Waals surface area contributed by atoms with Gasteiger partial charge in [0.2, 0.25) is 0 Å². The van der Waals surface area contributed by atoms with Crippen LogP contribution in [0.3, 0.4) is 0 Å². The van der Waals surface area contributed by atoms with Gasteiger partial charge >= 0.3 is 0 Å². The van der Waals surface area contributed by atoms with Crippen LogP contribution in [-0.2, 0) is 24.2 Å². The fourth-order valence-corrected chi connectivity index (χ4v) is 5.12. The fraction of sp³-hybridized carbons (Fsp3) is 0.682. The second-order valence-corrected chi connectivity index (χ2v) is 10.1. The molecule has 0 aromatic carbocycles. The van der Waals surface area contributed by atoms with Crippen molar-refractivity contribution in [2.45, 2.75) is 71.3 Å². The molecule has 33 heavy (non-hydrogen) atoms. The molecule has 11 heteroatoms. The van der Waals surface area contributed by atoms with Crippen molar-refractivity contribution >= 4 is 23.0 Å². The van der Waals surface area contributed by atoms with Gasteiger partial charge in [0.05, 0.1) is 12.1 Å². The summed E-state index contributed by atoms with van der Waals surface area (Å²) in [7, 11) is 0. The number of carbonyl (C=O) groups excluding carboxylic acids is 1. The maximum atomic E-state index is 13.0. The summed E-state index contributed by atoms with van der Waals surface area (Å²) >= 11 is 1.38. The summed E-state index contributed by atoms with van der Waals surface area (Å²) in [5.41, 5.74) is 3.10. The number of ether oxygens (including phenoxy) is 1. The van der Waals surface area contributed by atoms with Crippen LogP contribution >= 0.6 is 11.3 Å². The highest BCUT2D eigenvalue weighted by Gasteiger charge is 2.26. The molecule has 2 aliphatic rings. The van der Waals surface area contributed by atoms with Crippen molar-refractivity contribution in [3.63, 3.8) is 0 Å². The van der Waals surface area contributed by atoms with Crippen molar-refractivity contribution in [3.8, 4) is 5.19 Å². The molecular formula is C22H29F2N5O3S. The Morgan fingerprint density at radius 3 is 2.79 bits per heavy atom. The van der Waals surface area contributed by atoms with E-state index in [-0.39, 0.29) is 12.3 Å². The van der Waals surface area contributed by atoms with Gasteiger partial charge in [0.15, 0.2) is 6.61 Å². The third-order valence-corrected chi connectivity index (χ3v) is 7.19. The number of nitrogens with zero attached hydrogens (tertiary/aromatic N) is 5. The Kier molecular flexibility index (Phi) is 7.48. The second kappa shape index (κ2) is 10.3. The Balaban J connectivity index is 1.19. The molecule has 180 valence electrons. The molecule has 0 atom stereocenters. The smallest absolute Gasteiger partial charge is 0.278 e. The minimum atomic E-state index is -2.86. The lowest BCUT2D eigenvalue weighted by Crippen LogP contribution is -2.32. The molecule has 1 aliphatic heterocycles. The van der Waals surface area contributed by atoms with E-state index in [4.69, 9.17) is 4.74 Å². The van der Waals surface area contributed by atoms with Crippen molar-refractivity contribution in [2.24, 2.45) is 10.9 Å². The predicted molar refractivity (Wildman–Crippen MR) is 119 cm³/mol. The van der Waals surface area contributed by atoms with Gasteiger partial charge in [-0.2, -0.15) is 0 Å². The third kappa shape index (κ3) is 6.86. The fourth-order valence-electron chi connectivity index (χ4n) is 4.22. The molecule has 4 rings (SSSR count). The van der Waals surface area contributed by atoms with Gasteiger partial charge in [0, 0.05) is 30.6 Å². The summed E-state index contributed by atoms with van der Waals surface area (Å²) in [5, 5.41) is 7.77. The number of alkyl halides is 2. The molecule has 8 nitrogen and oxygen atoms in total. The van der Waals surface area contributed by atoms with E-state index in [9.17, 15) is 13.6 Å². The molecular weight excluding hydrogens is 452 g/mol. The first-order valence-corrected chi connectivity index (χ1v) is 12.2. The van der Waals surface area contributed by atoms with E-state index in [0.717, 1.165) is 81.4 Å². The Hall–Kier alpha value is -2.27. The Bertz CT molecular complexity index is 991. The van der Waals surface area contributed by atoms with Crippen LogP contribution in [0.1, 0.15) is 61.0 Å². The second-order valence-electron chi connectivity index (χ2n) is 9.01. The van der Waals surface area contributed by atoms with Crippen LogP contribution in [0.2, 0.25) is 0 Å². The molecule has 1 amide bonds. The molecule has 1 fully saturated rings. The maximum absolute atomic E-state index is 13.0. The van der Waals surface area contributed by atoms with Gasteiger partial charge in [-0.25, -0.2) is 23.4 Å². The highest BCUT2D eigenvalue weighted by Crippen LogP contribution is 2.32. The topological polar surface area (TPSA) is 93.7 Å². The van der Waals surface area contributed by atoms with Crippen molar-refractivity contribution in [3.05, 3.63) is 22.0 Å². The molecule has 2 aromatic rings. The minimum absolute atomic E-state index is 0.128. The number of aromatic nitrogens is 3. The lowest BCUT2D eigenvalue weighted by atomic mass is 9.85. The van der Waals surface area contributed by atoms with Crippen LogP contribution in [0.15, 0.2) is 9.62 Å². The van der Waals surface area contributed by atoms with Crippen LogP contribution in [-0.4, -0.2) is 57.4 Å². The van der Waals surface area contributed by atoms with E-state index in [0.29, 0.717) is 22.5 Å². The summed E-state index contributed by atoms with van der Waals surface area (Å²) in [6.45, 7) is 4.63. The monoisotopic (exact) mass is 481 g/mol. The van der Waals surface area contributed by atoms with Gasteiger partial charge in [-0.1, -0.05) is 21.7 Å². The molecule has 0 N–H and O–H groups in total. The van der Waals surface area contributed by atoms with Gasteiger partial charge in [-0.3, -0.25) is 9.69 Å². The SMILES string of the molecule is Cc1nonc1CC(=O)N=C1CCC(CCN2CCc3sc(OCC(C)(F)F)nc3C2)CC1. The number of thiazole rings is 1. The first-order chi connectivity index (χ1) is 15.7. The Morgan fingerprint density at radius 1 is 1.30 bits per heavy atom. The highest BCUT2D eigenvalue weighted by atomic mass is 32.1. The number of aliphatic imine (C=N–C) groups is 1. The highest BCUT2D eigenvalue weighted by molar-refractivity contribution is 7.13. The van der Waals surface area contributed by atoms with Crippen molar-refractivity contribution in [2.75, 3.05) is 19.7 Å². The van der Waals surface area contributed by atoms with Gasteiger partial charge in [-0.15, -0.1) is 0 Å². The molecule has 0 bridgehead atoms. The number of rotatable bonds is 8. The summed E-state index contributed by atoms with van der Waals surface area (Å²) in [4.78, 5) is 24.4. The Labute approximate surface area is 195 Å². The zero-order valence-corrected chi connectivity index (χ0v) is 19.8. The first kappa shape index (κ1) is 23.9. The molecule has 0 spiro atoms. The van der Waals surface area contributed by atoms with Crippen LogP contribution < -0.4 is 4.74 Å². The number of halogens is 2.